The van der Waals surface area contributed by atoms with E-state index >= 15 is 0 Å². The predicted octanol–water partition coefficient (Wildman–Crippen LogP) is 2.83. The van der Waals surface area contributed by atoms with Crippen molar-refractivity contribution in [3.8, 4) is 0 Å². The number of carbonyl (C=O) groups excluding carboxylic acids is 3. The fraction of sp³-hybridized carbons (Fsp3) is 0.654. The largest absolute Gasteiger partial charge is 0.450 e. The molecule has 0 aromatic rings. The Kier molecular flexibility index (Phi) is 6.30. The molecule has 192 valence electrons. The maximum absolute atomic E-state index is 13.7. The zero-order chi connectivity index (χ0) is 26.0. The van der Waals surface area contributed by atoms with Crippen LogP contribution in [-0.2, 0) is 29.2 Å². The van der Waals surface area contributed by atoms with Crippen LogP contribution in [0, 0.1) is 34.5 Å². The zero-order valence-electron chi connectivity index (χ0n) is 20.6. The van der Waals surface area contributed by atoms with Gasteiger partial charge in [-0.1, -0.05) is 45.9 Å². The third-order valence-corrected chi connectivity index (χ3v) is 9.88. The molecule has 2 fully saturated rings. The highest BCUT2D eigenvalue weighted by molar-refractivity contribution is 7.85. The monoisotopic (exact) mass is 506 g/mol. The lowest BCUT2D eigenvalue weighted by Gasteiger charge is -2.58. The Morgan fingerprint density at radius 1 is 1.23 bits per heavy atom. The first-order valence-electron chi connectivity index (χ1n) is 12.2. The Bertz CT molecular complexity index is 1150. The Labute approximate surface area is 206 Å². The summed E-state index contributed by atoms with van der Waals surface area (Å²) < 4.78 is 38.1. The Balaban J connectivity index is 1.81. The first kappa shape index (κ1) is 26.0. The van der Waals surface area contributed by atoms with Gasteiger partial charge in [-0.2, -0.15) is 8.42 Å². The fourth-order valence-corrected chi connectivity index (χ4v) is 8.08. The van der Waals surface area contributed by atoms with Crippen LogP contribution < -0.4 is 0 Å². The van der Waals surface area contributed by atoms with Crippen molar-refractivity contribution in [3.63, 3.8) is 0 Å². The molecule has 0 aromatic carbocycles. The number of allylic oxidation sites excluding steroid dienone is 6. The number of hydrogen-bond donors (Lipinski definition) is 2. The van der Waals surface area contributed by atoms with Gasteiger partial charge in [-0.05, 0) is 42.4 Å². The lowest BCUT2D eigenvalue weighted by atomic mass is 9.47. The molecule has 0 bridgehead atoms. The molecule has 0 amide bonds. The highest BCUT2D eigenvalue weighted by Gasteiger charge is 2.72. The Morgan fingerprint density at radius 3 is 2.54 bits per heavy atom. The van der Waals surface area contributed by atoms with Crippen molar-refractivity contribution in [2.75, 3.05) is 5.75 Å². The van der Waals surface area contributed by atoms with Crippen molar-refractivity contribution in [1.29, 1.82) is 0 Å². The summed E-state index contributed by atoms with van der Waals surface area (Å²) in [4.78, 5) is 38.3. The van der Waals surface area contributed by atoms with Gasteiger partial charge in [-0.25, -0.2) is 0 Å². The number of esters is 1. The topological polar surface area (TPSA) is 135 Å². The molecule has 8 nitrogen and oxygen atoms in total. The number of rotatable bonds is 6. The molecule has 0 aliphatic heterocycles. The summed E-state index contributed by atoms with van der Waals surface area (Å²) in [5.41, 5.74) is -2.29. The second kappa shape index (κ2) is 8.49. The van der Waals surface area contributed by atoms with Gasteiger partial charge in [-0.3, -0.25) is 18.9 Å². The van der Waals surface area contributed by atoms with Crippen molar-refractivity contribution in [1.82, 2.24) is 0 Å². The molecule has 2 N–H and O–H groups in total. The van der Waals surface area contributed by atoms with Gasteiger partial charge in [0.2, 0.25) is 0 Å². The summed E-state index contributed by atoms with van der Waals surface area (Å²) in [6, 6.07) is 0. The number of aliphatic hydroxyl groups is 1. The van der Waals surface area contributed by atoms with Crippen LogP contribution in [0.4, 0.5) is 0 Å². The van der Waals surface area contributed by atoms with Crippen LogP contribution in [0.25, 0.3) is 0 Å². The number of Topliss-reactive ketones (excluding diaryl/α,β-unsaturated/α-hetero) is 1. The normalized spacial score (nSPS) is 42.1. The second-order valence-electron chi connectivity index (χ2n) is 11.0. The van der Waals surface area contributed by atoms with Gasteiger partial charge in [0.25, 0.3) is 10.1 Å². The first-order valence-corrected chi connectivity index (χ1v) is 13.8. The molecule has 0 heterocycles. The van der Waals surface area contributed by atoms with Crippen LogP contribution in [-0.4, -0.2) is 53.1 Å². The fourth-order valence-electron chi connectivity index (χ4n) is 7.63. The van der Waals surface area contributed by atoms with Gasteiger partial charge >= 0.3 is 5.97 Å². The van der Waals surface area contributed by atoms with Crippen molar-refractivity contribution >= 4 is 27.7 Å². The summed E-state index contributed by atoms with van der Waals surface area (Å²) >= 11 is 0. The number of carbonyl (C=O) groups is 3. The van der Waals surface area contributed by atoms with E-state index in [2.05, 4.69) is 0 Å². The average Bonchev–Trinajstić information content (AvgIpc) is 2.98. The number of fused-ring (bicyclic) bond motifs is 5. The van der Waals surface area contributed by atoms with Gasteiger partial charge in [0, 0.05) is 35.5 Å². The van der Waals surface area contributed by atoms with Crippen LogP contribution in [0.15, 0.2) is 36.0 Å². The number of aliphatic hydroxyl groups excluding tert-OH is 1. The van der Waals surface area contributed by atoms with Gasteiger partial charge in [0.1, 0.15) is 0 Å². The van der Waals surface area contributed by atoms with Gasteiger partial charge in [0.15, 0.2) is 17.2 Å². The quantitative estimate of drug-likeness (QED) is 0.415. The van der Waals surface area contributed by atoms with E-state index in [9.17, 15) is 32.5 Å². The number of ketones is 2. The van der Waals surface area contributed by atoms with E-state index in [1.54, 1.807) is 13.0 Å². The standard InChI is InChI=1S/C26H34O8S/c1-5-22(30)34-26(21(29)9-11-35(31,32)33)15(2)12-19-18-7-6-16-13-17(27)8-10-24(16,3)23(18)20(28)14-25(19,26)4/h6-8,10,13,15,18-20,23,28H,5,9,11-12,14H2,1-4H3,(H,31,32,33)/t15?,18-,19-,20?,23+,24-,25-,26-/m0/s1. The highest BCUT2D eigenvalue weighted by atomic mass is 32.2. The summed E-state index contributed by atoms with van der Waals surface area (Å²) in [6.45, 7) is 7.32. The van der Waals surface area contributed by atoms with E-state index in [1.807, 2.05) is 39.0 Å². The molecule has 35 heavy (non-hydrogen) atoms. The van der Waals surface area contributed by atoms with Crippen molar-refractivity contribution in [2.24, 2.45) is 34.5 Å². The van der Waals surface area contributed by atoms with E-state index in [0.29, 0.717) is 6.42 Å². The molecule has 9 heteroatoms. The van der Waals surface area contributed by atoms with Gasteiger partial charge in [0.05, 0.1) is 11.9 Å². The van der Waals surface area contributed by atoms with E-state index in [-0.39, 0.29) is 36.4 Å². The predicted molar refractivity (Wildman–Crippen MR) is 128 cm³/mol. The molecule has 0 spiro atoms. The first-order chi connectivity index (χ1) is 16.2. The van der Waals surface area contributed by atoms with Crippen LogP contribution >= 0.6 is 0 Å². The van der Waals surface area contributed by atoms with E-state index in [1.165, 1.54) is 6.08 Å². The summed E-state index contributed by atoms with van der Waals surface area (Å²) in [6.07, 6.45) is 8.32. The van der Waals surface area contributed by atoms with Crippen molar-refractivity contribution < 1.29 is 37.2 Å². The molecule has 4 aliphatic carbocycles. The minimum absolute atomic E-state index is 0.0420. The SMILES string of the molecule is CCC(=O)O[C@]1(C(=O)CCS(=O)(=O)O)C(C)C[C@H]2[C@@H]3C=CC4=CC(=O)C=C[C@]4(C)[C@H]3C(O)C[C@@]21C. The molecule has 4 rings (SSSR count). The smallest absolute Gasteiger partial charge is 0.306 e. The zero-order valence-corrected chi connectivity index (χ0v) is 21.4. The van der Waals surface area contributed by atoms with Crippen LogP contribution in [0.3, 0.4) is 0 Å². The number of hydrogen-bond acceptors (Lipinski definition) is 7. The molecule has 8 atom stereocenters. The minimum atomic E-state index is -4.40. The van der Waals surface area contributed by atoms with Crippen LogP contribution in [0.2, 0.25) is 0 Å². The summed E-state index contributed by atoms with van der Waals surface area (Å²) in [7, 11) is -4.40. The van der Waals surface area contributed by atoms with Crippen LogP contribution in [0.5, 0.6) is 0 Å². The second-order valence-corrected chi connectivity index (χ2v) is 12.6. The Hall–Kier alpha value is -2.10. The molecule has 0 aromatic heterocycles. The molecule has 0 saturated heterocycles. The van der Waals surface area contributed by atoms with Crippen molar-refractivity contribution in [3.05, 3.63) is 36.0 Å². The average molecular weight is 507 g/mol. The maximum atomic E-state index is 13.7. The molecule has 2 unspecified atom stereocenters. The van der Waals surface area contributed by atoms with E-state index in [0.717, 1.165) is 5.57 Å². The molecule has 2 saturated carbocycles. The lowest BCUT2D eigenvalue weighted by Crippen LogP contribution is -2.63. The maximum Gasteiger partial charge on any atom is 0.306 e. The molecule has 0 radical (unpaired) electrons. The third kappa shape index (κ3) is 3.86. The van der Waals surface area contributed by atoms with Gasteiger partial charge in [-0.15, -0.1) is 0 Å². The highest BCUT2D eigenvalue weighted by Crippen LogP contribution is 2.68. The minimum Gasteiger partial charge on any atom is -0.450 e. The van der Waals surface area contributed by atoms with E-state index in [4.69, 9.17) is 4.74 Å². The number of ether oxygens (including phenoxy) is 1. The van der Waals surface area contributed by atoms with E-state index < -0.39 is 62.5 Å². The molecular weight excluding hydrogens is 472 g/mol. The molecule has 4 aliphatic rings. The summed E-state index contributed by atoms with van der Waals surface area (Å²) in [5.74, 6) is -2.91. The third-order valence-electron chi connectivity index (χ3n) is 9.16. The van der Waals surface area contributed by atoms with Crippen molar-refractivity contribution in [2.45, 2.75) is 65.1 Å². The molecular formula is C26H34O8S. The lowest BCUT2D eigenvalue weighted by molar-refractivity contribution is -0.200. The van der Waals surface area contributed by atoms with Gasteiger partial charge < -0.3 is 9.84 Å². The Morgan fingerprint density at radius 2 is 1.91 bits per heavy atom. The summed E-state index contributed by atoms with van der Waals surface area (Å²) in [5, 5.41) is 11.6. The van der Waals surface area contributed by atoms with Crippen LogP contribution in [0.1, 0.15) is 53.4 Å².